The standard InChI is InChI=1S/C14H20FNO/c15-13(11-5-3-8-16-9-7-11)10-12-4-1-2-6-14(12)17/h1-2,4,6,11,13,16-17H,3,5,7-10H2. The zero-order valence-electron chi connectivity index (χ0n) is 10.0. The van der Waals surface area contributed by atoms with E-state index in [9.17, 15) is 9.50 Å². The van der Waals surface area contributed by atoms with E-state index in [-0.39, 0.29) is 11.7 Å². The number of nitrogens with one attached hydrogen (secondary N) is 1. The minimum atomic E-state index is -0.844. The van der Waals surface area contributed by atoms with Crippen LogP contribution in [0.15, 0.2) is 24.3 Å². The predicted molar refractivity (Wildman–Crippen MR) is 66.9 cm³/mol. The van der Waals surface area contributed by atoms with Crippen molar-refractivity contribution in [3.8, 4) is 5.75 Å². The van der Waals surface area contributed by atoms with Crippen molar-refractivity contribution in [2.75, 3.05) is 13.1 Å². The summed E-state index contributed by atoms with van der Waals surface area (Å²) in [6, 6.07) is 7.03. The van der Waals surface area contributed by atoms with Gasteiger partial charge in [-0.1, -0.05) is 18.2 Å². The number of hydrogen-bond donors (Lipinski definition) is 2. The molecule has 2 unspecified atom stereocenters. The Hall–Kier alpha value is -1.09. The Morgan fingerprint density at radius 1 is 1.29 bits per heavy atom. The topological polar surface area (TPSA) is 32.3 Å². The van der Waals surface area contributed by atoms with Gasteiger partial charge in [-0.25, -0.2) is 4.39 Å². The molecule has 2 N–H and O–H groups in total. The molecule has 2 nitrogen and oxygen atoms in total. The Morgan fingerprint density at radius 2 is 2.12 bits per heavy atom. The van der Waals surface area contributed by atoms with Gasteiger partial charge in [0.05, 0.1) is 0 Å². The van der Waals surface area contributed by atoms with Crippen molar-refractivity contribution in [1.82, 2.24) is 5.32 Å². The van der Waals surface area contributed by atoms with Crippen molar-refractivity contribution in [2.24, 2.45) is 5.92 Å². The summed E-state index contributed by atoms with van der Waals surface area (Å²) in [5, 5.41) is 12.9. The van der Waals surface area contributed by atoms with Gasteiger partial charge in [0.15, 0.2) is 0 Å². The van der Waals surface area contributed by atoms with Crippen LogP contribution >= 0.6 is 0 Å². The van der Waals surface area contributed by atoms with Crippen molar-refractivity contribution in [2.45, 2.75) is 31.9 Å². The summed E-state index contributed by atoms with van der Waals surface area (Å²) in [5.74, 6) is 0.339. The van der Waals surface area contributed by atoms with Gasteiger partial charge in [-0.2, -0.15) is 0 Å². The molecule has 2 atom stereocenters. The summed E-state index contributed by atoms with van der Waals surface area (Å²) in [5.41, 5.74) is 0.720. The van der Waals surface area contributed by atoms with E-state index in [2.05, 4.69) is 5.32 Å². The fourth-order valence-corrected chi connectivity index (χ4v) is 2.47. The highest BCUT2D eigenvalue weighted by atomic mass is 19.1. The maximum atomic E-state index is 14.2. The molecule has 0 saturated carbocycles. The predicted octanol–water partition coefficient (Wildman–Crippen LogP) is 2.66. The van der Waals surface area contributed by atoms with Crippen LogP contribution in [-0.4, -0.2) is 24.4 Å². The molecule has 2 rings (SSSR count). The lowest BCUT2D eigenvalue weighted by Crippen LogP contribution is -2.20. The first kappa shape index (κ1) is 12.4. The van der Waals surface area contributed by atoms with Crippen LogP contribution in [0.4, 0.5) is 4.39 Å². The molecular formula is C14H20FNO. The van der Waals surface area contributed by atoms with E-state index in [4.69, 9.17) is 0 Å². The number of phenols is 1. The molecule has 3 heteroatoms. The third kappa shape index (κ3) is 3.43. The fraction of sp³-hybridized carbons (Fsp3) is 0.571. The number of hydrogen-bond acceptors (Lipinski definition) is 2. The van der Waals surface area contributed by atoms with E-state index in [0.717, 1.165) is 37.9 Å². The van der Waals surface area contributed by atoms with E-state index < -0.39 is 6.17 Å². The molecular weight excluding hydrogens is 217 g/mol. The average Bonchev–Trinajstić information content (AvgIpc) is 2.61. The molecule has 0 bridgehead atoms. The van der Waals surface area contributed by atoms with Crippen LogP contribution < -0.4 is 5.32 Å². The number of rotatable bonds is 3. The fourth-order valence-electron chi connectivity index (χ4n) is 2.47. The van der Waals surface area contributed by atoms with Gasteiger partial charge in [-0.15, -0.1) is 0 Å². The van der Waals surface area contributed by atoms with Crippen molar-refractivity contribution in [1.29, 1.82) is 0 Å². The molecule has 1 heterocycles. The SMILES string of the molecule is Oc1ccccc1CC(F)C1CCCNCC1. The van der Waals surface area contributed by atoms with Gasteiger partial charge in [-0.3, -0.25) is 0 Å². The summed E-state index contributed by atoms with van der Waals surface area (Å²) in [7, 11) is 0. The van der Waals surface area contributed by atoms with E-state index in [1.165, 1.54) is 0 Å². The first-order chi connectivity index (χ1) is 8.27. The van der Waals surface area contributed by atoms with Crippen LogP contribution in [0.2, 0.25) is 0 Å². The molecule has 94 valence electrons. The number of aromatic hydroxyl groups is 1. The summed E-state index contributed by atoms with van der Waals surface area (Å²) in [4.78, 5) is 0. The molecule has 0 aromatic heterocycles. The molecule has 1 aromatic carbocycles. The van der Waals surface area contributed by atoms with E-state index in [1.807, 2.05) is 6.07 Å². The van der Waals surface area contributed by atoms with Crippen LogP contribution in [0.1, 0.15) is 24.8 Å². The number of phenolic OH excluding ortho intramolecular Hbond substituents is 1. The zero-order valence-corrected chi connectivity index (χ0v) is 10.0. The highest BCUT2D eigenvalue weighted by molar-refractivity contribution is 5.32. The van der Waals surface area contributed by atoms with Gasteiger partial charge >= 0.3 is 0 Å². The van der Waals surface area contributed by atoms with Gasteiger partial charge in [0.25, 0.3) is 0 Å². The van der Waals surface area contributed by atoms with Gasteiger partial charge < -0.3 is 10.4 Å². The van der Waals surface area contributed by atoms with Crippen molar-refractivity contribution < 1.29 is 9.50 Å². The quantitative estimate of drug-likeness (QED) is 0.847. The largest absolute Gasteiger partial charge is 0.508 e. The van der Waals surface area contributed by atoms with Gasteiger partial charge in [0.1, 0.15) is 11.9 Å². The third-order valence-electron chi connectivity index (χ3n) is 3.54. The minimum Gasteiger partial charge on any atom is -0.508 e. The van der Waals surface area contributed by atoms with Crippen LogP contribution in [0.3, 0.4) is 0 Å². The molecule has 1 aromatic rings. The van der Waals surface area contributed by atoms with Gasteiger partial charge in [0.2, 0.25) is 0 Å². The number of halogens is 1. The van der Waals surface area contributed by atoms with Crippen molar-refractivity contribution >= 4 is 0 Å². The molecule has 1 saturated heterocycles. The lowest BCUT2D eigenvalue weighted by Gasteiger charge is -2.19. The van der Waals surface area contributed by atoms with Crippen molar-refractivity contribution in [3.63, 3.8) is 0 Å². The van der Waals surface area contributed by atoms with Crippen molar-refractivity contribution in [3.05, 3.63) is 29.8 Å². The molecule has 0 aliphatic carbocycles. The molecule has 0 spiro atoms. The molecule has 1 aliphatic heterocycles. The average molecular weight is 237 g/mol. The third-order valence-corrected chi connectivity index (χ3v) is 3.54. The van der Waals surface area contributed by atoms with Crippen LogP contribution in [0.5, 0.6) is 5.75 Å². The second-order valence-electron chi connectivity index (χ2n) is 4.79. The molecule has 1 fully saturated rings. The van der Waals surface area contributed by atoms with Gasteiger partial charge in [-0.05, 0) is 49.9 Å². The normalized spacial score (nSPS) is 23.0. The Labute approximate surface area is 102 Å². The Kier molecular flexibility index (Phi) is 4.37. The lowest BCUT2D eigenvalue weighted by molar-refractivity contribution is 0.209. The van der Waals surface area contributed by atoms with E-state index in [1.54, 1.807) is 18.2 Å². The summed E-state index contributed by atoms with van der Waals surface area (Å²) >= 11 is 0. The smallest absolute Gasteiger partial charge is 0.118 e. The number of alkyl halides is 1. The first-order valence-corrected chi connectivity index (χ1v) is 6.39. The maximum absolute atomic E-state index is 14.2. The van der Waals surface area contributed by atoms with Crippen LogP contribution in [-0.2, 0) is 6.42 Å². The Bertz CT molecular complexity index is 348. The van der Waals surface area contributed by atoms with E-state index in [0.29, 0.717) is 6.42 Å². The van der Waals surface area contributed by atoms with Crippen LogP contribution in [0.25, 0.3) is 0 Å². The van der Waals surface area contributed by atoms with E-state index >= 15 is 0 Å². The highest BCUT2D eigenvalue weighted by Gasteiger charge is 2.23. The first-order valence-electron chi connectivity index (χ1n) is 6.39. The highest BCUT2D eigenvalue weighted by Crippen LogP contribution is 2.26. The second-order valence-corrected chi connectivity index (χ2v) is 4.79. The maximum Gasteiger partial charge on any atom is 0.118 e. The summed E-state index contributed by atoms with van der Waals surface area (Å²) in [6.07, 6.45) is 2.38. The summed E-state index contributed by atoms with van der Waals surface area (Å²) < 4.78 is 14.2. The monoisotopic (exact) mass is 237 g/mol. The second kappa shape index (κ2) is 6.01. The zero-order chi connectivity index (χ0) is 12.1. The molecule has 0 amide bonds. The molecule has 1 aliphatic rings. The number of benzene rings is 1. The Balaban J connectivity index is 1.95. The van der Waals surface area contributed by atoms with Gasteiger partial charge in [0, 0.05) is 6.42 Å². The lowest BCUT2D eigenvalue weighted by atomic mass is 9.91. The number of para-hydroxylation sites is 1. The molecule has 17 heavy (non-hydrogen) atoms. The minimum absolute atomic E-state index is 0.129. The Morgan fingerprint density at radius 3 is 2.94 bits per heavy atom. The summed E-state index contributed by atoms with van der Waals surface area (Å²) in [6.45, 7) is 1.91. The van der Waals surface area contributed by atoms with Crippen LogP contribution in [0, 0.1) is 5.92 Å². The molecule has 0 radical (unpaired) electrons.